The Morgan fingerprint density at radius 1 is 1.20 bits per heavy atom. The second-order valence-electron chi connectivity index (χ2n) is 5.69. The molecule has 1 fully saturated rings. The molecular weight excluding hydrogens is 346 g/mol. The molecule has 7 heteroatoms. The van der Waals surface area contributed by atoms with Gasteiger partial charge in [-0.05, 0) is 29.8 Å². The van der Waals surface area contributed by atoms with E-state index in [1.54, 1.807) is 24.3 Å². The average Bonchev–Trinajstić information content (AvgIpc) is 2.92. The van der Waals surface area contributed by atoms with Gasteiger partial charge in [-0.1, -0.05) is 18.2 Å². The van der Waals surface area contributed by atoms with Gasteiger partial charge < -0.3 is 10.2 Å². The highest BCUT2D eigenvalue weighted by molar-refractivity contribution is 8.00. The fourth-order valence-electron chi connectivity index (χ4n) is 2.69. The molecule has 2 aromatic carbocycles. The molecule has 4 nitrogen and oxygen atoms in total. The van der Waals surface area contributed by atoms with E-state index in [1.807, 2.05) is 0 Å². The van der Waals surface area contributed by atoms with Gasteiger partial charge in [-0.25, -0.2) is 8.78 Å². The van der Waals surface area contributed by atoms with Crippen LogP contribution in [0.15, 0.2) is 42.5 Å². The van der Waals surface area contributed by atoms with Gasteiger partial charge in [0.25, 0.3) is 0 Å². The van der Waals surface area contributed by atoms with E-state index in [0.717, 1.165) is 5.56 Å². The van der Waals surface area contributed by atoms with Crippen molar-refractivity contribution in [2.45, 2.75) is 18.8 Å². The third-order valence-electron chi connectivity index (χ3n) is 3.87. The molecule has 0 radical (unpaired) electrons. The van der Waals surface area contributed by atoms with Gasteiger partial charge in [-0.3, -0.25) is 9.59 Å². The van der Waals surface area contributed by atoms with Gasteiger partial charge in [0, 0.05) is 18.2 Å². The van der Waals surface area contributed by atoms with E-state index < -0.39 is 11.6 Å². The number of anilines is 1. The van der Waals surface area contributed by atoms with Crippen molar-refractivity contribution in [3.63, 3.8) is 0 Å². The van der Waals surface area contributed by atoms with Gasteiger partial charge in [0.1, 0.15) is 17.0 Å². The number of hydrogen-bond donors (Lipinski definition) is 1. The summed E-state index contributed by atoms with van der Waals surface area (Å²) in [4.78, 5) is 24.7. The predicted molar refractivity (Wildman–Crippen MR) is 92.9 cm³/mol. The lowest BCUT2D eigenvalue weighted by Gasteiger charge is -2.25. The Morgan fingerprint density at radius 3 is 2.44 bits per heavy atom. The number of carbonyl (C=O) groups excluding carboxylic acids is 2. The van der Waals surface area contributed by atoms with Gasteiger partial charge in [0.2, 0.25) is 11.8 Å². The number of carbonyl (C=O) groups is 2. The smallest absolute Gasteiger partial charge is 0.234 e. The molecule has 0 spiro atoms. The standard InChI is InChI=1S/C18H16F2N2O2S/c1-11(23)21-13-7-5-12(6-8-13)18-22(17(24)10-25-18)9-14-15(19)3-2-4-16(14)20/h2-8,18H,9-10H2,1H3,(H,21,23). The van der Waals surface area contributed by atoms with Crippen molar-refractivity contribution >= 4 is 29.3 Å². The summed E-state index contributed by atoms with van der Waals surface area (Å²) in [5, 5.41) is 2.35. The Bertz CT molecular complexity index is 791. The second kappa shape index (κ2) is 7.23. The van der Waals surface area contributed by atoms with Crippen molar-refractivity contribution < 1.29 is 18.4 Å². The van der Waals surface area contributed by atoms with Crippen LogP contribution in [0.1, 0.15) is 23.4 Å². The van der Waals surface area contributed by atoms with E-state index in [1.165, 1.54) is 41.8 Å². The summed E-state index contributed by atoms with van der Waals surface area (Å²) < 4.78 is 27.8. The van der Waals surface area contributed by atoms with Crippen LogP contribution in [0.2, 0.25) is 0 Å². The molecule has 1 atom stereocenters. The molecule has 2 amide bonds. The Kier molecular flexibility index (Phi) is 5.03. The molecule has 0 aliphatic carbocycles. The highest BCUT2D eigenvalue weighted by Crippen LogP contribution is 2.40. The fraction of sp³-hybridized carbons (Fsp3) is 0.222. The number of rotatable bonds is 4. The molecule has 1 saturated heterocycles. The zero-order chi connectivity index (χ0) is 18.0. The third kappa shape index (κ3) is 3.82. The summed E-state index contributed by atoms with van der Waals surface area (Å²) in [6, 6.07) is 10.7. The number of hydrogen-bond acceptors (Lipinski definition) is 3. The van der Waals surface area contributed by atoms with Crippen molar-refractivity contribution in [2.24, 2.45) is 0 Å². The van der Waals surface area contributed by atoms with Gasteiger partial charge in [-0.15, -0.1) is 11.8 Å². The summed E-state index contributed by atoms with van der Waals surface area (Å²) in [7, 11) is 0. The lowest BCUT2D eigenvalue weighted by atomic mass is 10.1. The van der Waals surface area contributed by atoms with Crippen LogP contribution >= 0.6 is 11.8 Å². The number of nitrogens with zero attached hydrogens (tertiary/aromatic N) is 1. The number of amides is 2. The minimum absolute atomic E-state index is 0.113. The van der Waals surface area contributed by atoms with Crippen molar-refractivity contribution in [1.29, 1.82) is 0 Å². The summed E-state index contributed by atoms with van der Waals surface area (Å²) in [5.41, 5.74) is 1.37. The summed E-state index contributed by atoms with van der Waals surface area (Å²) in [5.74, 6) is -1.40. The molecule has 0 aromatic heterocycles. The van der Waals surface area contributed by atoms with Crippen LogP contribution in [0.3, 0.4) is 0 Å². The number of halogens is 2. The van der Waals surface area contributed by atoms with Crippen LogP contribution in [0, 0.1) is 11.6 Å². The lowest BCUT2D eigenvalue weighted by Crippen LogP contribution is -2.28. The molecule has 1 N–H and O–H groups in total. The summed E-state index contributed by atoms with van der Waals surface area (Å²) in [6.07, 6.45) is 0. The van der Waals surface area contributed by atoms with Crippen LogP contribution in [-0.4, -0.2) is 22.5 Å². The maximum atomic E-state index is 13.9. The normalized spacial score (nSPS) is 17.0. The second-order valence-corrected chi connectivity index (χ2v) is 6.76. The first kappa shape index (κ1) is 17.4. The molecule has 2 aromatic rings. The van der Waals surface area contributed by atoms with Crippen molar-refractivity contribution in [3.8, 4) is 0 Å². The van der Waals surface area contributed by atoms with Gasteiger partial charge in [0.05, 0.1) is 12.3 Å². The van der Waals surface area contributed by atoms with Crippen molar-refractivity contribution in [2.75, 3.05) is 11.1 Å². The Balaban J connectivity index is 1.83. The number of nitrogens with one attached hydrogen (secondary N) is 1. The van der Waals surface area contributed by atoms with Gasteiger partial charge in [-0.2, -0.15) is 0 Å². The Labute approximate surface area is 148 Å². The van der Waals surface area contributed by atoms with Crippen LogP contribution < -0.4 is 5.32 Å². The molecule has 1 heterocycles. The Hall–Kier alpha value is -2.41. The molecule has 0 bridgehead atoms. The Morgan fingerprint density at radius 2 is 1.84 bits per heavy atom. The van der Waals surface area contributed by atoms with E-state index in [0.29, 0.717) is 5.69 Å². The molecule has 1 unspecified atom stereocenters. The lowest BCUT2D eigenvalue weighted by molar-refractivity contribution is -0.128. The molecule has 130 valence electrons. The maximum Gasteiger partial charge on any atom is 0.234 e. The van der Waals surface area contributed by atoms with E-state index in [-0.39, 0.29) is 35.0 Å². The highest BCUT2D eigenvalue weighted by Gasteiger charge is 2.33. The highest BCUT2D eigenvalue weighted by atomic mass is 32.2. The molecule has 25 heavy (non-hydrogen) atoms. The van der Waals surface area contributed by atoms with E-state index >= 15 is 0 Å². The topological polar surface area (TPSA) is 49.4 Å². The zero-order valence-electron chi connectivity index (χ0n) is 13.5. The fourth-order valence-corrected chi connectivity index (χ4v) is 3.88. The van der Waals surface area contributed by atoms with Crippen LogP contribution in [0.4, 0.5) is 14.5 Å². The molecule has 1 aliphatic heterocycles. The van der Waals surface area contributed by atoms with E-state index in [2.05, 4.69) is 5.32 Å². The zero-order valence-corrected chi connectivity index (χ0v) is 14.3. The predicted octanol–water partition coefficient (Wildman–Crippen LogP) is 3.70. The maximum absolute atomic E-state index is 13.9. The summed E-state index contributed by atoms with van der Waals surface area (Å²) in [6.45, 7) is 1.30. The quantitative estimate of drug-likeness (QED) is 0.902. The van der Waals surface area contributed by atoms with Gasteiger partial charge in [0.15, 0.2) is 0 Å². The molecule has 0 saturated carbocycles. The van der Waals surface area contributed by atoms with Gasteiger partial charge >= 0.3 is 0 Å². The van der Waals surface area contributed by atoms with Crippen LogP contribution in [-0.2, 0) is 16.1 Å². The van der Waals surface area contributed by atoms with Crippen LogP contribution in [0.5, 0.6) is 0 Å². The monoisotopic (exact) mass is 362 g/mol. The van der Waals surface area contributed by atoms with Crippen molar-refractivity contribution in [1.82, 2.24) is 4.90 Å². The SMILES string of the molecule is CC(=O)Nc1ccc(C2SCC(=O)N2Cc2c(F)cccc2F)cc1. The third-order valence-corrected chi connectivity index (χ3v) is 5.13. The minimum Gasteiger partial charge on any atom is -0.326 e. The first-order valence-electron chi connectivity index (χ1n) is 7.67. The minimum atomic E-state index is -0.663. The number of benzene rings is 2. The largest absolute Gasteiger partial charge is 0.326 e. The van der Waals surface area contributed by atoms with E-state index in [4.69, 9.17) is 0 Å². The first-order chi connectivity index (χ1) is 12.0. The first-order valence-corrected chi connectivity index (χ1v) is 8.72. The number of thioether (sulfide) groups is 1. The van der Waals surface area contributed by atoms with Crippen molar-refractivity contribution in [3.05, 3.63) is 65.2 Å². The van der Waals surface area contributed by atoms with Crippen LogP contribution in [0.25, 0.3) is 0 Å². The van der Waals surface area contributed by atoms with E-state index in [9.17, 15) is 18.4 Å². The average molecular weight is 362 g/mol. The molecule has 3 rings (SSSR count). The molecule has 1 aliphatic rings. The summed E-state index contributed by atoms with van der Waals surface area (Å²) >= 11 is 1.41. The molecular formula is C18H16F2N2O2S.